The largest absolute Gasteiger partial charge is 0.334 e. The van der Waals surface area contributed by atoms with Gasteiger partial charge in [0.05, 0.1) is 6.20 Å². The average molecular weight is 210 g/mol. The summed E-state index contributed by atoms with van der Waals surface area (Å²) < 4.78 is 1.80. The summed E-state index contributed by atoms with van der Waals surface area (Å²) in [4.78, 5) is 13.1. The Morgan fingerprint density at radius 3 is 2.80 bits per heavy atom. The number of hydrogen-bond donors (Lipinski definition) is 1. The maximum Gasteiger partial charge on any atom is 0.317 e. The van der Waals surface area contributed by atoms with Crippen LogP contribution in [0, 0.1) is 6.92 Å². The van der Waals surface area contributed by atoms with E-state index in [-0.39, 0.29) is 6.03 Å². The van der Waals surface area contributed by atoms with E-state index >= 15 is 0 Å². The number of aryl methyl sites for hydroxylation is 1. The van der Waals surface area contributed by atoms with Crippen molar-refractivity contribution in [2.24, 2.45) is 7.05 Å². The molecule has 0 saturated carbocycles. The second-order valence-electron chi connectivity index (χ2n) is 3.55. The first-order valence-corrected chi connectivity index (χ1v) is 5.02. The van der Waals surface area contributed by atoms with Crippen molar-refractivity contribution in [3.63, 3.8) is 0 Å². The van der Waals surface area contributed by atoms with E-state index in [1.807, 2.05) is 20.9 Å². The minimum absolute atomic E-state index is 0.0549. The molecule has 1 aromatic heterocycles. The van der Waals surface area contributed by atoms with Gasteiger partial charge in [0, 0.05) is 38.4 Å². The summed E-state index contributed by atoms with van der Waals surface area (Å²) in [5.74, 6) is 0. The second-order valence-corrected chi connectivity index (χ2v) is 3.55. The third kappa shape index (κ3) is 2.71. The zero-order valence-corrected chi connectivity index (χ0v) is 9.74. The van der Waals surface area contributed by atoms with Crippen molar-refractivity contribution in [2.45, 2.75) is 20.4 Å². The molecule has 0 unspecified atom stereocenters. The summed E-state index contributed by atoms with van der Waals surface area (Å²) >= 11 is 0. The molecular weight excluding hydrogens is 192 g/mol. The smallest absolute Gasteiger partial charge is 0.317 e. The molecule has 0 atom stereocenters. The zero-order chi connectivity index (χ0) is 11.4. The predicted octanol–water partition coefficient (Wildman–Crippen LogP) is 0.890. The van der Waals surface area contributed by atoms with Crippen molar-refractivity contribution in [1.82, 2.24) is 20.0 Å². The summed E-state index contributed by atoms with van der Waals surface area (Å²) in [5.41, 5.74) is 2.13. The van der Waals surface area contributed by atoms with Gasteiger partial charge in [0.15, 0.2) is 0 Å². The Bertz CT molecular complexity index is 345. The highest BCUT2D eigenvalue weighted by Gasteiger charge is 2.08. The van der Waals surface area contributed by atoms with Gasteiger partial charge >= 0.3 is 6.03 Å². The Morgan fingerprint density at radius 2 is 2.33 bits per heavy atom. The second kappa shape index (κ2) is 4.82. The molecule has 2 amide bonds. The molecule has 5 nitrogen and oxygen atoms in total. The molecular formula is C10H18N4O. The summed E-state index contributed by atoms with van der Waals surface area (Å²) in [5, 5.41) is 6.95. The van der Waals surface area contributed by atoms with Crippen LogP contribution in [-0.2, 0) is 13.6 Å². The normalized spacial score (nSPS) is 10.1. The van der Waals surface area contributed by atoms with Crippen molar-refractivity contribution >= 4 is 6.03 Å². The van der Waals surface area contributed by atoms with E-state index in [1.54, 1.807) is 22.8 Å². The van der Waals surface area contributed by atoms with Gasteiger partial charge < -0.3 is 10.2 Å². The van der Waals surface area contributed by atoms with Crippen LogP contribution < -0.4 is 5.32 Å². The van der Waals surface area contributed by atoms with Gasteiger partial charge in [0.2, 0.25) is 0 Å². The lowest BCUT2D eigenvalue weighted by molar-refractivity contribution is 0.210. The molecule has 0 bridgehead atoms. The van der Waals surface area contributed by atoms with E-state index < -0.39 is 0 Å². The monoisotopic (exact) mass is 210 g/mol. The molecule has 15 heavy (non-hydrogen) atoms. The van der Waals surface area contributed by atoms with E-state index in [9.17, 15) is 4.79 Å². The van der Waals surface area contributed by atoms with Crippen molar-refractivity contribution in [3.8, 4) is 0 Å². The fraction of sp³-hybridized carbons (Fsp3) is 0.600. The predicted molar refractivity (Wildman–Crippen MR) is 58.5 cm³/mol. The first-order valence-electron chi connectivity index (χ1n) is 5.02. The number of carbonyl (C=O) groups excluding carboxylic acids is 1. The van der Waals surface area contributed by atoms with Crippen LogP contribution >= 0.6 is 0 Å². The molecule has 5 heteroatoms. The van der Waals surface area contributed by atoms with Crippen molar-refractivity contribution in [2.75, 3.05) is 13.6 Å². The SMILES string of the molecule is CCN(C)C(=O)NCc1cnn(C)c1C. The summed E-state index contributed by atoms with van der Waals surface area (Å²) in [6.07, 6.45) is 1.78. The maximum atomic E-state index is 11.5. The first-order chi connectivity index (χ1) is 7.06. The van der Waals surface area contributed by atoms with Gasteiger partial charge in [-0.3, -0.25) is 4.68 Å². The molecule has 0 saturated heterocycles. The van der Waals surface area contributed by atoms with Gasteiger partial charge in [0.25, 0.3) is 0 Å². The van der Waals surface area contributed by atoms with Crippen molar-refractivity contribution in [3.05, 3.63) is 17.5 Å². The number of nitrogens with one attached hydrogen (secondary N) is 1. The zero-order valence-electron chi connectivity index (χ0n) is 9.74. The fourth-order valence-electron chi connectivity index (χ4n) is 1.17. The minimum atomic E-state index is -0.0549. The number of carbonyl (C=O) groups is 1. The third-order valence-corrected chi connectivity index (χ3v) is 2.59. The van der Waals surface area contributed by atoms with Crippen LogP contribution in [0.4, 0.5) is 4.79 Å². The number of rotatable bonds is 3. The number of nitrogens with zero attached hydrogens (tertiary/aromatic N) is 3. The highest BCUT2D eigenvalue weighted by molar-refractivity contribution is 5.73. The van der Waals surface area contributed by atoms with Gasteiger partial charge in [-0.2, -0.15) is 5.10 Å². The number of aromatic nitrogens is 2. The number of urea groups is 1. The van der Waals surface area contributed by atoms with Crippen LogP contribution in [0.15, 0.2) is 6.20 Å². The topological polar surface area (TPSA) is 50.2 Å². The molecule has 0 aliphatic heterocycles. The lowest BCUT2D eigenvalue weighted by Gasteiger charge is -2.15. The Labute approximate surface area is 90.1 Å². The maximum absolute atomic E-state index is 11.5. The van der Waals surface area contributed by atoms with Crippen molar-refractivity contribution in [1.29, 1.82) is 0 Å². The van der Waals surface area contributed by atoms with Crippen LogP contribution in [0.5, 0.6) is 0 Å². The fourth-order valence-corrected chi connectivity index (χ4v) is 1.17. The molecule has 0 aliphatic rings. The Morgan fingerprint density at radius 1 is 1.67 bits per heavy atom. The third-order valence-electron chi connectivity index (χ3n) is 2.59. The first kappa shape index (κ1) is 11.6. The van der Waals surface area contributed by atoms with E-state index in [0.717, 1.165) is 11.3 Å². The van der Waals surface area contributed by atoms with Gasteiger partial charge in [-0.25, -0.2) is 4.79 Å². The van der Waals surface area contributed by atoms with Crippen LogP contribution in [0.3, 0.4) is 0 Å². The number of hydrogen-bond acceptors (Lipinski definition) is 2. The molecule has 0 aromatic carbocycles. The van der Waals surface area contributed by atoms with E-state index in [1.165, 1.54) is 0 Å². The average Bonchev–Trinajstić information content (AvgIpc) is 2.55. The van der Waals surface area contributed by atoms with Gasteiger partial charge in [0.1, 0.15) is 0 Å². The lowest BCUT2D eigenvalue weighted by atomic mass is 10.2. The summed E-state index contributed by atoms with van der Waals surface area (Å²) in [7, 11) is 3.66. The van der Waals surface area contributed by atoms with E-state index in [2.05, 4.69) is 10.4 Å². The Kier molecular flexibility index (Phi) is 3.71. The molecule has 84 valence electrons. The lowest BCUT2D eigenvalue weighted by Crippen LogP contribution is -2.36. The van der Waals surface area contributed by atoms with Crippen LogP contribution in [-0.4, -0.2) is 34.3 Å². The molecule has 1 aromatic rings. The highest BCUT2D eigenvalue weighted by Crippen LogP contribution is 2.04. The molecule has 1 N–H and O–H groups in total. The number of amides is 2. The summed E-state index contributed by atoms with van der Waals surface area (Å²) in [6, 6.07) is -0.0549. The molecule has 1 rings (SSSR count). The Hall–Kier alpha value is -1.52. The standard InChI is InChI=1S/C10H18N4O/c1-5-13(3)10(15)11-6-9-7-12-14(4)8(9)2/h7H,5-6H2,1-4H3,(H,11,15). The molecule has 0 aliphatic carbocycles. The quantitative estimate of drug-likeness (QED) is 0.805. The summed E-state index contributed by atoms with van der Waals surface area (Å²) in [6.45, 7) is 5.16. The molecule has 0 radical (unpaired) electrons. The highest BCUT2D eigenvalue weighted by atomic mass is 16.2. The van der Waals surface area contributed by atoms with E-state index in [4.69, 9.17) is 0 Å². The molecule has 1 heterocycles. The van der Waals surface area contributed by atoms with Crippen LogP contribution in [0.1, 0.15) is 18.2 Å². The molecule has 0 spiro atoms. The van der Waals surface area contributed by atoms with Gasteiger partial charge in [-0.05, 0) is 13.8 Å². The van der Waals surface area contributed by atoms with Crippen LogP contribution in [0.2, 0.25) is 0 Å². The van der Waals surface area contributed by atoms with Crippen LogP contribution in [0.25, 0.3) is 0 Å². The minimum Gasteiger partial charge on any atom is -0.334 e. The molecule has 0 fully saturated rings. The Balaban J connectivity index is 2.51. The van der Waals surface area contributed by atoms with E-state index in [0.29, 0.717) is 13.1 Å². The van der Waals surface area contributed by atoms with Gasteiger partial charge in [-0.1, -0.05) is 0 Å². The van der Waals surface area contributed by atoms with Crippen molar-refractivity contribution < 1.29 is 4.79 Å². The van der Waals surface area contributed by atoms with Gasteiger partial charge in [-0.15, -0.1) is 0 Å².